The molecule has 4 nitrogen and oxygen atoms in total. The third-order valence-corrected chi connectivity index (χ3v) is 3.79. The van der Waals surface area contributed by atoms with Gasteiger partial charge in [0.1, 0.15) is 5.75 Å². The van der Waals surface area contributed by atoms with E-state index in [2.05, 4.69) is 10.1 Å². The average molecular weight is 366 g/mol. The maximum Gasteiger partial charge on any atom is 0.422 e. The lowest BCUT2D eigenvalue weighted by Crippen LogP contribution is -2.29. The summed E-state index contributed by atoms with van der Waals surface area (Å²) in [6, 6.07) is 14.7. The molecular formula is C19H21F3N2O2. The van der Waals surface area contributed by atoms with Crippen LogP contribution < -0.4 is 15.8 Å². The number of carbonyl (C=O) groups excluding carboxylic acids is 1. The first-order valence-electron chi connectivity index (χ1n) is 8.14. The van der Waals surface area contributed by atoms with Crippen LogP contribution in [0.5, 0.6) is 5.75 Å². The zero-order valence-electron chi connectivity index (χ0n) is 14.3. The summed E-state index contributed by atoms with van der Waals surface area (Å²) in [5.74, 6) is -0.0815. The highest BCUT2D eigenvalue weighted by Gasteiger charge is 2.28. The molecule has 26 heavy (non-hydrogen) atoms. The molecular weight excluding hydrogens is 345 g/mol. The summed E-state index contributed by atoms with van der Waals surface area (Å²) < 4.78 is 41.1. The second kappa shape index (κ2) is 8.71. The number of hydrogen-bond acceptors (Lipinski definition) is 3. The predicted octanol–water partition coefficient (Wildman–Crippen LogP) is 3.90. The molecule has 0 saturated heterocycles. The lowest BCUT2D eigenvalue weighted by atomic mass is 10.0. The molecule has 0 aromatic heterocycles. The summed E-state index contributed by atoms with van der Waals surface area (Å²) >= 11 is 0. The van der Waals surface area contributed by atoms with Crippen molar-refractivity contribution in [3.8, 4) is 5.75 Å². The first kappa shape index (κ1) is 19.8. The van der Waals surface area contributed by atoms with Crippen molar-refractivity contribution < 1.29 is 22.7 Å². The molecule has 7 heteroatoms. The molecule has 2 rings (SSSR count). The summed E-state index contributed by atoms with van der Waals surface area (Å²) in [4.78, 5) is 12.1. The van der Waals surface area contributed by atoms with Gasteiger partial charge in [-0.25, -0.2) is 0 Å². The van der Waals surface area contributed by atoms with Crippen molar-refractivity contribution in [2.75, 3.05) is 6.61 Å². The smallest absolute Gasteiger partial charge is 0.422 e. The molecule has 0 aliphatic carbocycles. The Hall–Kier alpha value is -2.54. The summed E-state index contributed by atoms with van der Waals surface area (Å²) in [6.07, 6.45) is -4.24. The van der Waals surface area contributed by atoms with E-state index in [1.54, 1.807) is 19.1 Å². The van der Waals surface area contributed by atoms with Gasteiger partial charge in [-0.2, -0.15) is 13.2 Å². The van der Waals surface area contributed by atoms with E-state index in [0.29, 0.717) is 0 Å². The Labute approximate surface area is 150 Å². The van der Waals surface area contributed by atoms with Gasteiger partial charge in [0.25, 0.3) is 0 Å². The van der Waals surface area contributed by atoms with E-state index in [4.69, 9.17) is 5.73 Å². The molecule has 0 bridgehead atoms. The summed E-state index contributed by atoms with van der Waals surface area (Å²) in [5, 5.41) is 2.83. The molecule has 0 heterocycles. The van der Waals surface area contributed by atoms with Crippen molar-refractivity contribution in [3.63, 3.8) is 0 Å². The highest BCUT2D eigenvalue weighted by Crippen LogP contribution is 2.21. The maximum absolute atomic E-state index is 12.1. The van der Waals surface area contributed by atoms with E-state index in [0.717, 1.165) is 11.1 Å². The van der Waals surface area contributed by atoms with Gasteiger partial charge in [0.15, 0.2) is 6.61 Å². The number of nitrogens with two attached hydrogens (primary N) is 1. The van der Waals surface area contributed by atoms with Crippen molar-refractivity contribution in [2.24, 2.45) is 5.73 Å². The topological polar surface area (TPSA) is 64.4 Å². The molecule has 0 spiro atoms. The number of amides is 1. The molecule has 0 saturated carbocycles. The zero-order valence-corrected chi connectivity index (χ0v) is 14.3. The van der Waals surface area contributed by atoms with E-state index in [9.17, 15) is 18.0 Å². The summed E-state index contributed by atoms with van der Waals surface area (Å²) in [7, 11) is 0. The van der Waals surface area contributed by atoms with Gasteiger partial charge in [-0.3, -0.25) is 4.79 Å². The fraction of sp³-hybridized carbons (Fsp3) is 0.316. The maximum atomic E-state index is 12.1. The van der Waals surface area contributed by atoms with E-state index >= 15 is 0 Å². The van der Waals surface area contributed by atoms with Crippen LogP contribution in [0.3, 0.4) is 0 Å². The monoisotopic (exact) mass is 366 g/mol. The predicted molar refractivity (Wildman–Crippen MR) is 92.5 cm³/mol. The minimum atomic E-state index is -4.38. The third-order valence-electron chi connectivity index (χ3n) is 3.79. The number of carbonyl (C=O) groups is 1. The Morgan fingerprint density at radius 1 is 1.08 bits per heavy atom. The molecule has 0 fully saturated rings. The number of benzene rings is 2. The van der Waals surface area contributed by atoms with Gasteiger partial charge in [0.05, 0.1) is 6.04 Å². The van der Waals surface area contributed by atoms with Crippen LogP contribution in [0, 0.1) is 0 Å². The summed E-state index contributed by atoms with van der Waals surface area (Å²) in [6.45, 7) is 0.452. The molecule has 2 unspecified atom stereocenters. The summed E-state index contributed by atoms with van der Waals surface area (Å²) in [5.41, 5.74) is 7.66. The van der Waals surface area contributed by atoms with Crippen LogP contribution in [0.15, 0.2) is 54.6 Å². The van der Waals surface area contributed by atoms with Crippen LogP contribution in [-0.4, -0.2) is 18.7 Å². The number of alkyl halides is 3. The molecule has 1 amide bonds. The molecule has 0 aliphatic heterocycles. The van der Waals surface area contributed by atoms with Crippen molar-refractivity contribution >= 4 is 5.91 Å². The zero-order chi connectivity index (χ0) is 19.2. The van der Waals surface area contributed by atoms with E-state index in [1.807, 2.05) is 30.3 Å². The quantitative estimate of drug-likeness (QED) is 0.781. The van der Waals surface area contributed by atoms with Gasteiger partial charge in [0, 0.05) is 12.5 Å². The Balaban J connectivity index is 1.86. The Bertz CT molecular complexity index is 703. The number of nitrogens with one attached hydrogen (secondary N) is 1. The van der Waals surface area contributed by atoms with E-state index < -0.39 is 18.8 Å². The number of hydrogen-bond donors (Lipinski definition) is 2. The third kappa shape index (κ3) is 6.40. The first-order chi connectivity index (χ1) is 12.2. The normalized spacial score (nSPS) is 13.7. The van der Waals surface area contributed by atoms with Gasteiger partial charge >= 0.3 is 6.18 Å². The van der Waals surface area contributed by atoms with Crippen LogP contribution in [0.25, 0.3) is 0 Å². The minimum absolute atomic E-state index is 0.121. The van der Waals surface area contributed by atoms with E-state index in [-0.39, 0.29) is 24.1 Å². The fourth-order valence-corrected chi connectivity index (χ4v) is 2.42. The second-order valence-electron chi connectivity index (χ2n) is 5.98. The first-order valence-corrected chi connectivity index (χ1v) is 8.14. The van der Waals surface area contributed by atoms with Gasteiger partial charge in [-0.05, 0) is 30.2 Å². The number of rotatable bonds is 7. The van der Waals surface area contributed by atoms with Gasteiger partial charge < -0.3 is 15.8 Å². The highest BCUT2D eigenvalue weighted by atomic mass is 19.4. The Morgan fingerprint density at radius 3 is 2.27 bits per heavy atom. The SMILES string of the molecule is CC(NC(=O)CC(N)c1ccccc1)c1ccc(OCC(F)(F)F)cc1. The van der Waals surface area contributed by atoms with Crippen LogP contribution in [0.4, 0.5) is 13.2 Å². The highest BCUT2D eigenvalue weighted by molar-refractivity contribution is 5.77. The van der Waals surface area contributed by atoms with Crippen LogP contribution in [0.2, 0.25) is 0 Å². The minimum Gasteiger partial charge on any atom is -0.484 e. The Kier molecular flexibility index (Phi) is 6.63. The fourth-order valence-electron chi connectivity index (χ4n) is 2.42. The van der Waals surface area contributed by atoms with Crippen LogP contribution in [-0.2, 0) is 4.79 Å². The van der Waals surface area contributed by atoms with Crippen molar-refractivity contribution in [1.82, 2.24) is 5.32 Å². The van der Waals surface area contributed by atoms with Crippen molar-refractivity contribution in [1.29, 1.82) is 0 Å². The van der Waals surface area contributed by atoms with Crippen LogP contribution in [0.1, 0.15) is 36.6 Å². The number of halogens is 3. The molecule has 2 atom stereocenters. The van der Waals surface area contributed by atoms with Gasteiger partial charge in [-0.1, -0.05) is 42.5 Å². The molecule has 140 valence electrons. The number of ether oxygens (including phenoxy) is 1. The second-order valence-corrected chi connectivity index (χ2v) is 5.98. The van der Waals surface area contributed by atoms with Crippen molar-refractivity contribution in [3.05, 3.63) is 65.7 Å². The molecule has 0 aliphatic rings. The average Bonchev–Trinajstić information content (AvgIpc) is 2.60. The molecule has 2 aromatic carbocycles. The van der Waals surface area contributed by atoms with Crippen molar-refractivity contribution in [2.45, 2.75) is 31.6 Å². The molecule has 2 aromatic rings. The molecule has 0 radical (unpaired) electrons. The van der Waals surface area contributed by atoms with E-state index in [1.165, 1.54) is 12.1 Å². The van der Waals surface area contributed by atoms with Gasteiger partial charge in [0.2, 0.25) is 5.91 Å². The Morgan fingerprint density at radius 2 is 1.69 bits per heavy atom. The molecule has 3 N–H and O–H groups in total. The van der Waals surface area contributed by atoms with Crippen LogP contribution >= 0.6 is 0 Å². The largest absolute Gasteiger partial charge is 0.484 e. The standard InChI is InChI=1S/C19H21F3N2O2/c1-13(14-7-9-16(10-8-14)26-12-19(20,21)22)24-18(25)11-17(23)15-5-3-2-4-6-15/h2-10,13,17H,11-12,23H2,1H3,(H,24,25). The lowest BCUT2D eigenvalue weighted by Gasteiger charge is -2.17. The lowest BCUT2D eigenvalue weighted by molar-refractivity contribution is -0.153. The van der Waals surface area contributed by atoms with Gasteiger partial charge in [-0.15, -0.1) is 0 Å².